The minimum atomic E-state index is 0.709. The summed E-state index contributed by atoms with van der Waals surface area (Å²) in [5.74, 6) is 0. The second-order valence-electron chi connectivity index (χ2n) is 2.51. The molecule has 2 heteroatoms. The van der Waals surface area contributed by atoms with Crippen LogP contribution in [0.2, 0.25) is 0 Å². The van der Waals surface area contributed by atoms with E-state index in [1.165, 1.54) is 11.4 Å². The number of aliphatic imine (C=N–C) groups is 1. The zero-order chi connectivity index (χ0) is 5.98. The van der Waals surface area contributed by atoms with Gasteiger partial charge in [-0.2, -0.15) is 0 Å². The highest BCUT2D eigenvalue weighted by molar-refractivity contribution is 5.44. The van der Waals surface area contributed by atoms with E-state index in [0.717, 1.165) is 6.54 Å². The summed E-state index contributed by atoms with van der Waals surface area (Å²) in [4.78, 5) is 5.63. The lowest BCUT2D eigenvalue weighted by atomic mass is 10.3. The average molecular weight is 113 g/mol. The van der Waals surface area contributed by atoms with Crippen LogP contribution in [0.25, 0.3) is 0 Å². The molecule has 1 heterocycles. The van der Waals surface area contributed by atoms with Crippen LogP contribution in [0.3, 0.4) is 0 Å². The van der Waals surface area contributed by atoms with Crippen LogP contribution < -0.4 is 4.90 Å². The Kier molecular flexibility index (Phi) is 1.63. The van der Waals surface area contributed by atoms with Crippen LogP contribution in [0.15, 0.2) is 4.99 Å². The maximum absolute atomic E-state index is 4.12. The van der Waals surface area contributed by atoms with E-state index in [0.29, 0.717) is 6.04 Å². The Balaban J connectivity index is 2.36. The Morgan fingerprint density at radius 1 is 1.62 bits per heavy atom. The van der Waals surface area contributed by atoms with Gasteiger partial charge in [-0.25, -0.2) is 4.99 Å². The quantitative estimate of drug-likeness (QED) is 0.464. The molecule has 0 aromatic rings. The molecule has 0 aromatic heterocycles. The Morgan fingerprint density at radius 3 is 2.62 bits per heavy atom. The number of hydrogen-bond acceptors (Lipinski definition) is 1. The Morgan fingerprint density at radius 2 is 2.38 bits per heavy atom. The summed E-state index contributed by atoms with van der Waals surface area (Å²) in [7, 11) is 0. The van der Waals surface area contributed by atoms with E-state index < -0.39 is 0 Å². The van der Waals surface area contributed by atoms with Gasteiger partial charge in [-0.05, 0) is 13.8 Å². The van der Waals surface area contributed by atoms with E-state index in [-0.39, 0.29) is 0 Å². The first-order valence-corrected chi connectivity index (χ1v) is 3.16. The van der Waals surface area contributed by atoms with Gasteiger partial charge >= 0.3 is 0 Å². The highest BCUT2D eigenvalue weighted by Gasteiger charge is 2.13. The molecule has 46 valence electrons. The van der Waals surface area contributed by atoms with Gasteiger partial charge in [0.1, 0.15) is 6.54 Å². The third-order valence-corrected chi connectivity index (χ3v) is 1.53. The minimum Gasteiger partial charge on any atom is -0.289 e. The molecule has 0 spiro atoms. The molecule has 0 aliphatic carbocycles. The third-order valence-electron chi connectivity index (χ3n) is 1.53. The summed E-state index contributed by atoms with van der Waals surface area (Å²) in [6.07, 6.45) is 2.02. The Bertz CT molecular complexity index is 96.7. The van der Waals surface area contributed by atoms with Crippen LogP contribution in [-0.2, 0) is 0 Å². The third kappa shape index (κ3) is 1.07. The molecule has 0 bridgehead atoms. The van der Waals surface area contributed by atoms with Gasteiger partial charge in [0.05, 0.1) is 12.6 Å². The maximum atomic E-state index is 4.12. The van der Waals surface area contributed by atoms with Crippen molar-refractivity contribution in [2.45, 2.75) is 19.9 Å². The van der Waals surface area contributed by atoms with E-state index >= 15 is 0 Å². The summed E-state index contributed by atoms with van der Waals surface area (Å²) in [5.41, 5.74) is 0. The second kappa shape index (κ2) is 2.27. The first-order chi connectivity index (χ1) is 3.80. The zero-order valence-corrected chi connectivity index (χ0v) is 5.52. The molecule has 0 fully saturated rings. The predicted molar refractivity (Wildman–Crippen MR) is 34.3 cm³/mol. The molecule has 0 amide bonds. The first-order valence-electron chi connectivity index (χ1n) is 3.16. The summed E-state index contributed by atoms with van der Waals surface area (Å²) in [6, 6.07) is 0.709. The number of quaternary nitrogens is 1. The first kappa shape index (κ1) is 5.76. The monoisotopic (exact) mass is 113 g/mol. The number of hydrogen-bond donors (Lipinski definition) is 1. The van der Waals surface area contributed by atoms with Gasteiger partial charge in [-0.1, -0.05) is 0 Å². The molecular formula is C6H13N2+. The molecule has 1 aliphatic rings. The fourth-order valence-electron chi connectivity index (χ4n) is 0.878. The van der Waals surface area contributed by atoms with Crippen molar-refractivity contribution in [2.75, 3.05) is 13.1 Å². The molecular weight excluding hydrogens is 100 g/mol. The van der Waals surface area contributed by atoms with Crippen molar-refractivity contribution in [3.05, 3.63) is 0 Å². The molecule has 1 aliphatic heterocycles. The van der Waals surface area contributed by atoms with Gasteiger partial charge in [0.25, 0.3) is 0 Å². The van der Waals surface area contributed by atoms with Crippen LogP contribution in [0.4, 0.5) is 0 Å². The fraction of sp³-hybridized carbons (Fsp3) is 0.833. The van der Waals surface area contributed by atoms with E-state index in [1.54, 1.807) is 0 Å². The lowest BCUT2D eigenvalue weighted by Gasteiger charge is -2.10. The highest BCUT2D eigenvalue weighted by Crippen LogP contribution is 1.72. The largest absolute Gasteiger partial charge is 0.289 e. The Labute approximate surface area is 50.2 Å². The fourth-order valence-corrected chi connectivity index (χ4v) is 0.878. The molecule has 0 aromatic carbocycles. The standard InChI is InChI=1S/C6H12N2/c1-6(2)8-4-3-7-5-8/h5-6H,3-4H2,1-2H3/p+1. The van der Waals surface area contributed by atoms with Crippen molar-refractivity contribution in [1.29, 1.82) is 0 Å². The number of rotatable bonds is 1. The molecule has 8 heavy (non-hydrogen) atoms. The number of nitrogens with one attached hydrogen (secondary N) is 1. The van der Waals surface area contributed by atoms with Crippen molar-refractivity contribution < 1.29 is 4.90 Å². The van der Waals surface area contributed by atoms with Gasteiger partial charge in [-0.3, -0.25) is 4.90 Å². The van der Waals surface area contributed by atoms with Crippen LogP contribution in [0.5, 0.6) is 0 Å². The zero-order valence-electron chi connectivity index (χ0n) is 5.52. The molecule has 1 unspecified atom stereocenters. The molecule has 0 saturated heterocycles. The average Bonchev–Trinajstić information content (AvgIpc) is 2.12. The normalized spacial score (nSPS) is 27.6. The molecule has 2 nitrogen and oxygen atoms in total. The summed E-state index contributed by atoms with van der Waals surface area (Å²) in [5, 5.41) is 0. The van der Waals surface area contributed by atoms with Crippen LogP contribution in [0, 0.1) is 0 Å². The maximum Gasteiger partial charge on any atom is 0.184 e. The Hall–Kier alpha value is -0.370. The molecule has 1 atom stereocenters. The molecule has 1 rings (SSSR count). The predicted octanol–water partition coefficient (Wildman–Crippen LogP) is -0.678. The van der Waals surface area contributed by atoms with E-state index in [2.05, 4.69) is 18.8 Å². The van der Waals surface area contributed by atoms with Gasteiger partial charge in [0.15, 0.2) is 6.34 Å². The smallest absolute Gasteiger partial charge is 0.184 e. The molecule has 1 N–H and O–H groups in total. The summed E-state index contributed by atoms with van der Waals surface area (Å²) >= 11 is 0. The van der Waals surface area contributed by atoms with Gasteiger partial charge in [-0.15, -0.1) is 0 Å². The van der Waals surface area contributed by atoms with Crippen molar-refractivity contribution in [3.8, 4) is 0 Å². The minimum absolute atomic E-state index is 0.709. The topological polar surface area (TPSA) is 16.8 Å². The van der Waals surface area contributed by atoms with Crippen molar-refractivity contribution in [3.63, 3.8) is 0 Å². The van der Waals surface area contributed by atoms with Crippen LogP contribution >= 0.6 is 0 Å². The molecule has 0 saturated carbocycles. The highest BCUT2D eigenvalue weighted by atomic mass is 15.2. The lowest BCUT2D eigenvalue weighted by molar-refractivity contribution is -0.815. The van der Waals surface area contributed by atoms with Crippen molar-refractivity contribution >= 4 is 6.34 Å². The summed E-state index contributed by atoms with van der Waals surface area (Å²) in [6.45, 7) is 6.64. The van der Waals surface area contributed by atoms with E-state index in [4.69, 9.17) is 0 Å². The lowest BCUT2D eigenvalue weighted by Crippen LogP contribution is -3.13. The summed E-state index contributed by atoms with van der Waals surface area (Å²) < 4.78 is 0. The van der Waals surface area contributed by atoms with E-state index in [1.807, 2.05) is 6.34 Å². The van der Waals surface area contributed by atoms with Crippen molar-refractivity contribution in [1.82, 2.24) is 0 Å². The van der Waals surface area contributed by atoms with Crippen LogP contribution in [0.1, 0.15) is 13.8 Å². The van der Waals surface area contributed by atoms with Gasteiger partial charge in [0, 0.05) is 0 Å². The van der Waals surface area contributed by atoms with Crippen molar-refractivity contribution in [2.24, 2.45) is 4.99 Å². The second-order valence-corrected chi connectivity index (χ2v) is 2.51. The van der Waals surface area contributed by atoms with Crippen LogP contribution in [-0.4, -0.2) is 25.5 Å². The van der Waals surface area contributed by atoms with Gasteiger partial charge < -0.3 is 0 Å². The SMILES string of the molecule is CC(C)[NH+]1C=NCC1. The van der Waals surface area contributed by atoms with Gasteiger partial charge in [0.2, 0.25) is 0 Å². The number of nitrogens with zero attached hydrogens (tertiary/aromatic N) is 1. The van der Waals surface area contributed by atoms with E-state index in [9.17, 15) is 0 Å². The molecule has 0 radical (unpaired) electrons.